The van der Waals surface area contributed by atoms with Crippen LogP contribution >= 0.6 is 0 Å². The van der Waals surface area contributed by atoms with E-state index in [1.807, 2.05) is 32.0 Å². The Morgan fingerprint density at radius 3 is 2.71 bits per heavy atom. The van der Waals surface area contributed by atoms with Gasteiger partial charge in [0.2, 0.25) is 0 Å². The predicted molar refractivity (Wildman–Crippen MR) is 81.8 cm³/mol. The Morgan fingerprint density at radius 1 is 1.29 bits per heavy atom. The highest BCUT2D eigenvalue weighted by Crippen LogP contribution is 2.31. The van der Waals surface area contributed by atoms with Gasteiger partial charge in [-0.15, -0.1) is 0 Å². The van der Waals surface area contributed by atoms with Crippen molar-refractivity contribution in [3.05, 3.63) is 23.8 Å². The number of rotatable bonds is 8. The van der Waals surface area contributed by atoms with Gasteiger partial charge in [0.25, 0.3) is 0 Å². The highest BCUT2D eigenvalue weighted by Gasteiger charge is 2.42. The average Bonchev–Trinajstić information content (AvgIpc) is 2.48. The van der Waals surface area contributed by atoms with E-state index in [2.05, 4.69) is 5.32 Å². The van der Waals surface area contributed by atoms with E-state index in [4.69, 9.17) is 14.2 Å². The third-order valence-electron chi connectivity index (χ3n) is 3.78. The Balaban J connectivity index is 2.00. The Kier molecular flexibility index (Phi) is 5.85. The van der Waals surface area contributed by atoms with Gasteiger partial charge in [0, 0.05) is 25.0 Å². The highest BCUT2D eigenvalue weighted by atomic mass is 16.5. The summed E-state index contributed by atoms with van der Waals surface area (Å²) in [6.45, 7) is 5.18. The van der Waals surface area contributed by atoms with Gasteiger partial charge >= 0.3 is 0 Å². The van der Waals surface area contributed by atoms with Gasteiger partial charge in [-0.25, -0.2) is 0 Å². The number of aliphatic hydroxyl groups is 1. The number of anilines is 1. The maximum Gasteiger partial charge on any atom is 0.124 e. The number of hydrogen-bond acceptors (Lipinski definition) is 5. The molecule has 0 saturated heterocycles. The van der Waals surface area contributed by atoms with Crippen molar-refractivity contribution in [2.45, 2.75) is 45.1 Å². The lowest BCUT2D eigenvalue weighted by atomic mass is 9.85. The van der Waals surface area contributed by atoms with Crippen LogP contribution in [0.2, 0.25) is 0 Å². The van der Waals surface area contributed by atoms with Crippen LogP contribution in [-0.4, -0.2) is 43.7 Å². The highest BCUT2D eigenvalue weighted by molar-refractivity contribution is 5.52. The fourth-order valence-corrected chi connectivity index (χ4v) is 2.72. The molecule has 118 valence electrons. The summed E-state index contributed by atoms with van der Waals surface area (Å²) in [7, 11) is 1.71. The summed E-state index contributed by atoms with van der Waals surface area (Å²) in [6.07, 6.45) is 1.15. The van der Waals surface area contributed by atoms with E-state index >= 15 is 0 Å². The van der Waals surface area contributed by atoms with E-state index in [1.54, 1.807) is 7.11 Å². The molecule has 3 atom stereocenters. The molecule has 1 aromatic carbocycles. The molecule has 0 aromatic heterocycles. The van der Waals surface area contributed by atoms with Gasteiger partial charge < -0.3 is 24.6 Å². The number of hydrogen-bond donors (Lipinski definition) is 2. The minimum Gasteiger partial charge on any atom is -0.494 e. The predicted octanol–water partition coefficient (Wildman–Crippen LogP) is 2.18. The van der Waals surface area contributed by atoms with E-state index in [9.17, 15) is 5.11 Å². The Hall–Kier alpha value is -1.30. The molecule has 2 N–H and O–H groups in total. The molecular formula is C16H25NO4. The lowest BCUT2D eigenvalue weighted by Gasteiger charge is -2.43. The first-order valence-corrected chi connectivity index (χ1v) is 7.50. The zero-order valence-corrected chi connectivity index (χ0v) is 13.0. The van der Waals surface area contributed by atoms with Crippen molar-refractivity contribution in [1.82, 2.24) is 0 Å². The van der Waals surface area contributed by atoms with Crippen LogP contribution in [0.1, 0.15) is 25.8 Å². The van der Waals surface area contributed by atoms with Crippen molar-refractivity contribution in [2.75, 3.05) is 25.6 Å². The molecule has 0 spiro atoms. The molecule has 0 radical (unpaired) electrons. The minimum absolute atomic E-state index is 0.0369. The van der Waals surface area contributed by atoms with Crippen LogP contribution in [0.4, 0.5) is 5.69 Å². The standard InChI is InChI=1S/C16H25NO4/c1-4-20-14-7-6-12(8-11(14)10-18)17-13-9-15(21-5-2)16(13)19-3/h6-8,13,15-18H,4-5,9-10H2,1-3H3. The number of nitrogens with one attached hydrogen (secondary N) is 1. The van der Waals surface area contributed by atoms with Gasteiger partial charge in [-0.05, 0) is 38.5 Å². The maximum atomic E-state index is 9.43. The largest absolute Gasteiger partial charge is 0.494 e. The first-order chi connectivity index (χ1) is 10.2. The third-order valence-corrected chi connectivity index (χ3v) is 3.78. The molecule has 0 aliphatic heterocycles. The van der Waals surface area contributed by atoms with E-state index in [0.29, 0.717) is 13.2 Å². The molecule has 1 aliphatic rings. The Morgan fingerprint density at radius 2 is 2.10 bits per heavy atom. The van der Waals surface area contributed by atoms with Crippen molar-refractivity contribution in [2.24, 2.45) is 0 Å². The van der Waals surface area contributed by atoms with Crippen LogP contribution in [0.15, 0.2) is 18.2 Å². The molecule has 1 fully saturated rings. The summed E-state index contributed by atoms with van der Waals surface area (Å²) in [5, 5.41) is 12.9. The van der Waals surface area contributed by atoms with Crippen LogP contribution < -0.4 is 10.1 Å². The Labute approximate surface area is 126 Å². The topological polar surface area (TPSA) is 60.0 Å². The summed E-state index contributed by atoms with van der Waals surface area (Å²) in [5.41, 5.74) is 1.75. The monoisotopic (exact) mass is 295 g/mol. The molecule has 0 bridgehead atoms. The maximum absolute atomic E-state index is 9.43. The van der Waals surface area contributed by atoms with Crippen LogP contribution in [0.25, 0.3) is 0 Å². The van der Waals surface area contributed by atoms with Crippen molar-refractivity contribution in [3.8, 4) is 5.75 Å². The molecule has 1 saturated carbocycles. The van der Waals surface area contributed by atoms with Crippen LogP contribution in [0, 0.1) is 0 Å². The van der Waals surface area contributed by atoms with E-state index in [0.717, 1.165) is 23.4 Å². The van der Waals surface area contributed by atoms with Crippen molar-refractivity contribution < 1.29 is 19.3 Å². The second kappa shape index (κ2) is 7.64. The van der Waals surface area contributed by atoms with Crippen molar-refractivity contribution >= 4 is 5.69 Å². The Bertz CT molecular complexity index is 452. The summed E-state index contributed by atoms with van der Waals surface area (Å²) in [6, 6.07) is 6.00. The molecule has 0 heterocycles. The lowest BCUT2D eigenvalue weighted by molar-refractivity contribution is -0.118. The van der Waals surface area contributed by atoms with E-state index in [-0.39, 0.29) is 24.9 Å². The zero-order valence-electron chi connectivity index (χ0n) is 13.0. The second-order valence-corrected chi connectivity index (χ2v) is 5.09. The summed E-state index contributed by atoms with van der Waals surface area (Å²) in [4.78, 5) is 0. The molecule has 5 nitrogen and oxygen atoms in total. The van der Waals surface area contributed by atoms with Gasteiger partial charge in [-0.3, -0.25) is 0 Å². The number of aliphatic hydroxyl groups excluding tert-OH is 1. The van der Waals surface area contributed by atoms with Crippen molar-refractivity contribution in [1.29, 1.82) is 0 Å². The number of ether oxygens (including phenoxy) is 3. The van der Waals surface area contributed by atoms with Crippen molar-refractivity contribution in [3.63, 3.8) is 0 Å². The SMILES string of the molecule is CCOc1ccc(NC2CC(OCC)C2OC)cc1CO. The van der Waals surface area contributed by atoms with Crippen LogP contribution in [0.3, 0.4) is 0 Å². The van der Waals surface area contributed by atoms with Crippen LogP contribution in [-0.2, 0) is 16.1 Å². The second-order valence-electron chi connectivity index (χ2n) is 5.09. The fourth-order valence-electron chi connectivity index (χ4n) is 2.72. The minimum atomic E-state index is -0.0369. The fraction of sp³-hybridized carbons (Fsp3) is 0.625. The normalized spacial score (nSPS) is 24.5. The van der Waals surface area contributed by atoms with E-state index in [1.165, 1.54) is 0 Å². The molecule has 5 heteroatoms. The smallest absolute Gasteiger partial charge is 0.124 e. The molecule has 2 rings (SSSR count). The van der Waals surface area contributed by atoms with E-state index < -0.39 is 0 Å². The molecule has 1 aliphatic carbocycles. The van der Waals surface area contributed by atoms with Gasteiger partial charge in [0.15, 0.2) is 0 Å². The average molecular weight is 295 g/mol. The van der Waals surface area contributed by atoms with Gasteiger partial charge in [-0.2, -0.15) is 0 Å². The molecular weight excluding hydrogens is 270 g/mol. The van der Waals surface area contributed by atoms with Gasteiger partial charge in [-0.1, -0.05) is 0 Å². The molecule has 21 heavy (non-hydrogen) atoms. The summed E-state index contributed by atoms with van der Waals surface area (Å²) >= 11 is 0. The molecule has 1 aromatic rings. The first-order valence-electron chi connectivity index (χ1n) is 7.50. The third kappa shape index (κ3) is 3.67. The number of methoxy groups -OCH3 is 1. The first kappa shape index (κ1) is 16.1. The van der Waals surface area contributed by atoms with Crippen LogP contribution in [0.5, 0.6) is 5.75 Å². The quantitative estimate of drug-likeness (QED) is 0.770. The number of benzene rings is 1. The molecule has 0 amide bonds. The summed E-state index contributed by atoms with van der Waals surface area (Å²) < 4.78 is 16.6. The van der Waals surface area contributed by atoms with Gasteiger partial charge in [0.1, 0.15) is 11.9 Å². The molecule has 3 unspecified atom stereocenters. The zero-order chi connectivity index (χ0) is 15.2. The van der Waals surface area contributed by atoms with Gasteiger partial charge in [0.05, 0.1) is 25.4 Å². The lowest BCUT2D eigenvalue weighted by Crippen LogP contribution is -2.56. The summed E-state index contributed by atoms with van der Waals surface area (Å²) in [5.74, 6) is 0.731.